The second-order valence-electron chi connectivity index (χ2n) is 5.58. The molecule has 1 aliphatic rings. The van der Waals surface area contributed by atoms with E-state index in [2.05, 4.69) is 24.2 Å². The Labute approximate surface area is 108 Å². The monoisotopic (exact) mass is 240 g/mol. The van der Waals surface area contributed by atoms with E-state index in [0.717, 1.165) is 6.04 Å². The first-order valence-electron chi connectivity index (χ1n) is 7.75. The van der Waals surface area contributed by atoms with E-state index in [1.807, 2.05) is 0 Å². The van der Waals surface area contributed by atoms with E-state index in [1.54, 1.807) is 0 Å². The van der Waals surface area contributed by atoms with Gasteiger partial charge in [0, 0.05) is 6.04 Å². The molecule has 0 spiro atoms. The van der Waals surface area contributed by atoms with Crippen LogP contribution in [0.2, 0.25) is 0 Å². The minimum Gasteiger partial charge on any atom is -0.317 e. The molecule has 0 bridgehead atoms. The second-order valence-corrected chi connectivity index (χ2v) is 5.58. The fourth-order valence-electron chi connectivity index (χ4n) is 2.79. The highest BCUT2D eigenvalue weighted by Gasteiger charge is 2.18. The summed E-state index contributed by atoms with van der Waals surface area (Å²) in [4.78, 5) is 2.60. The van der Waals surface area contributed by atoms with Crippen LogP contribution >= 0.6 is 0 Å². The molecule has 1 saturated carbocycles. The van der Waals surface area contributed by atoms with Crippen molar-refractivity contribution >= 4 is 0 Å². The highest BCUT2D eigenvalue weighted by molar-refractivity contribution is 4.74. The summed E-state index contributed by atoms with van der Waals surface area (Å²) in [5, 5.41) is 3.47. The zero-order valence-electron chi connectivity index (χ0n) is 12.0. The van der Waals surface area contributed by atoms with Crippen molar-refractivity contribution < 1.29 is 0 Å². The fraction of sp³-hybridized carbons (Fsp3) is 1.00. The molecule has 0 unspecified atom stereocenters. The molecular formula is C15H32N2. The normalized spacial score (nSPS) is 17.1. The van der Waals surface area contributed by atoms with E-state index in [1.165, 1.54) is 77.4 Å². The van der Waals surface area contributed by atoms with Gasteiger partial charge in [-0.2, -0.15) is 0 Å². The summed E-state index contributed by atoms with van der Waals surface area (Å²) in [6, 6.07) is 0.904. The van der Waals surface area contributed by atoms with Crippen LogP contribution in [-0.4, -0.2) is 37.6 Å². The van der Waals surface area contributed by atoms with E-state index in [9.17, 15) is 0 Å². The lowest BCUT2D eigenvalue weighted by atomic mass is 10.1. The molecule has 0 aliphatic heterocycles. The topological polar surface area (TPSA) is 15.3 Å². The van der Waals surface area contributed by atoms with Crippen molar-refractivity contribution in [3.8, 4) is 0 Å². The average molecular weight is 240 g/mol. The van der Waals surface area contributed by atoms with Crippen LogP contribution in [0.1, 0.15) is 64.7 Å². The molecule has 0 aromatic carbocycles. The third kappa shape index (κ3) is 7.05. The molecule has 0 heterocycles. The molecule has 17 heavy (non-hydrogen) atoms. The van der Waals surface area contributed by atoms with E-state index in [-0.39, 0.29) is 0 Å². The van der Waals surface area contributed by atoms with E-state index >= 15 is 0 Å². The Balaban J connectivity index is 1.83. The lowest BCUT2D eigenvalue weighted by Crippen LogP contribution is -2.29. The van der Waals surface area contributed by atoms with Crippen LogP contribution in [0.15, 0.2) is 0 Å². The number of nitrogens with zero attached hydrogens (tertiary/aromatic N) is 1. The number of hydrogen-bond acceptors (Lipinski definition) is 2. The molecule has 0 atom stereocenters. The summed E-state index contributed by atoms with van der Waals surface area (Å²) in [7, 11) is 2.32. The zero-order valence-corrected chi connectivity index (χ0v) is 12.0. The van der Waals surface area contributed by atoms with Crippen LogP contribution < -0.4 is 5.32 Å². The van der Waals surface area contributed by atoms with Crippen LogP contribution in [-0.2, 0) is 0 Å². The maximum atomic E-state index is 3.47. The van der Waals surface area contributed by atoms with Crippen molar-refractivity contribution in [1.29, 1.82) is 0 Å². The van der Waals surface area contributed by atoms with Gasteiger partial charge in [0.1, 0.15) is 0 Å². The number of unbranched alkanes of at least 4 members (excludes halogenated alkanes) is 3. The molecule has 2 nitrogen and oxygen atoms in total. The first-order chi connectivity index (χ1) is 8.34. The highest BCUT2D eigenvalue weighted by Crippen LogP contribution is 2.22. The molecule has 0 radical (unpaired) electrons. The molecule has 1 rings (SSSR count). The Morgan fingerprint density at radius 3 is 2.41 bits per heavy atom. The van der Waals surface area contributed by atoms with Gasteiger partial charge in [-0.15, -0.1) is 0 Å². The van der Waals surface area contributed by atoms with Gasteiger partial charge in [-0.05, 0) is 58.8 Å². The van der Waals surface area contributed by atoms with Crippen LogP contribution in [0.4, 0.5) is 0 Å². The summed E-state index contributed by atoms with van der Waals surface area (Å²) in [5.74, 6) is 0. The third-order valence-corrected chi connectivity index (χ3v) is 3.99. The van der Waals surface area contributed by atoms with E-state index < -0.39 is 0 Å². The molecule has 2 heteroatoms. The van der Waals surface area contributed by atoms with Gasteiger partial charge in [0.05, 0.1) is 0 Å². The van der Waals surface area contributed by atoms with Crippen LogP contribution in [0, 0.1) is 0 Å². The minimum absolute atomic E-state index is 0.904. The largest absolute Gasteiger partial charge is 0.317 e. The van der Waals surface area contributed by atoms with E-state index in [4.69, 9.17) is 0 Å². The van der Waals surface area contributed by atoms with Gasteiger partial charge in [-0.1, -0.05) is 32.6 Å². The Hall–Kier alpha value is -0.0800. The standard InChI is InChI=1S/C15H32N2/c1-3-12-16-13-8-4-5-9-14-17(2)15-10-6-7-11-15/h15-16H,3-14H2,1-2H3. The Morgan fingerprint density at radius 2 is 1.71 bits per heavy atom. The maximum Gasteiger partial charge on any atom is 0.00922 e. The highest BCUT2D eigenvalue weighted by atomic mass is 15.1. The summed E-state index contributed by atoms with van der Waals surface area (Å²) in [6.07, 6.45) is 12.6. The zero-order chi connectivity index (χ0) is 12.3. The molecule has 1 fully saturated rings. The Morgan fingerprint density at radius 1 is 1.00 bits per heavy atom. The van der Waals surface area contributed by atoms with Gasteiger partial charge in [0.15, 0.2) is 0 Å². The van der Waals surface area contributed by atoms with E-state index in [0.29, 0.717) is 0 Å². The maximum absolute atomic E-state index is 3.47. The molecule has 0 aromatic rings. The average Bonchev–Trinajstić information content (AvgIpc) is 2.86. The van der Waals surface area contributed by atoms with Crippen molar-refractivity contribution in [3.05, 3.63) is 0 Å². The third-order valence-electron chi connectivity index (χ3n) is 3.99. The Bertz CT molecular complexity index is 164. The van der Waals surface area contributed by atoms with Gasteiger partial charge in [-0.25, -0.2) is 0 Å². The predicted octanol–water partition coefficient (Wildman–Crippen LogP) is 3.42. The lowest BCUT2D eigenvalue weighted by Gasteiger charge is -2.23. The van der Waals surface area contributed by atoms with Crippen molar-refractivity contribution in [2.24, 2.45) is 0 Å². The second kappa shape index (κ2) is 9.90. The van der Waals surface area contributed by atoms with Crippen molar-refractivity contribution in [1.82, 2.24) is 10.2 Å². The number of nitrogens with one attached hydrogen (secondary N) is 1. The van der Waals surface area contributed by atoms with Crippen molar-refractivity contribution in [2.75, 3.05) is 26.7 Å². The molecule has 0 amide bonds. The summed E-state index contributed by atoms with van der Waals surface area (Å²) in [5.41, 5.74) is 0. The minimum atomic E-state index is 0.904. The quantitative estimate of drug-likeness (QED) is 0.589. The first kappa shape index (κ1) is 15.0. The Kier molecular flexibility index (Phi) is 8.72. The summed E-state index contributed by atoms with van der Waals surface area (Å²) >= 11 is 0. The molecule has 102 valence electrons. The smallest absolute Gasteiger partial charge is 0.00922 e. The number of hydrogen-bond donors (Lipinski definition) is 1. The van der Waals surface area contributed by atoms with Gasteiger partial charge in [0.25, 0.3) is 0 Å². The van der Waals surface area contributed by atoms with Crippen molar-refractivity contribution in [3.63, 3.8) is 0 Å². The van der Waals surface area contributed by atoms with Crippen molar-refractivity contribution in [2.45, 2.75) is 70.8 Å². The number of rotatable bonds is 10. The summed E-state index contributed by atoms with van der Waals surface area (Å²) in [6.45, 7) is 5.94. The molecular weight excluding hydrogens is 208 g/mol. The predicted molar refractivity (Wildman–Crippen MR) is 76.5 cm³/mol. The van der Waals surface area contributed by atoms with Crippen LogP contribution in [0.25, 0.3) is 0 Å². The van der Waals surface area contributed by atoms with Gasteiger partial charge >= 0.3 is 0 Å². The SMILES string of the molecule is CCCNCCCCCCN(C)C1CCCC1. The van der Waals surface area contributed by atoms with Crippen LogP contribution in [0.5, 0.6) is 0 Å². The lowest BCUT2D eigenvalue weighted by molar-refractivity contribution is 0.240. The van der Waals surface area contributed by atoms with Gasteiger partial charge in [0.2, 0.25) is 0 Å². The van der Waals surface area contributed by atoms with Gasteiger partial charge < -0.3 is 10.2 Å². The molecule has 1 aliphatic carbocycles. The molecule has 0 saturated heterocycles. The van der Waals surface area contributed by atoms with Gasteiger partial charge in [-0.3, -0.25) is 0 Å². The molecule has 1 N–H and O–H groups in total. The first-order valence-corrected chi connectivity index (χ1v) is 7.75. The summed E-state index contributed by atoms with van der Waals surface area (Å²) < 4.78 is 0. The van der Waals surface area contributed by atoms with Crippen LogP contribution in [0.3, 0.4) is 0 Å². The molecule has 0 aromatic heterocycles. The fourth-order valence-corrected chi connectivity index (χ4v) is 2.79.